The fraction of sp³-hybridized carbons (Fsp3) is 0.207. The van der Waals surface area contributed by atoms with Gasteiger partial charge in [-0.2, -0.15) is 8.42 Å². The molecule has 0 radical (unpaired) electrons. The van der Waals surface area contributed by atoms with Crippen molar-refractivity contribution in [3.8, 4) is 17.0 Å². The summed E-state index contributed by atoms with van der Waals surface area (Å²) in [4.78, 5) is 5.02. The van der Waals surface area contributed by atoms with Crippen molar-refractivity contribution in [1.82, 2.24) is 9.38 Å². The first-order valence-corrected chi connectivity index (χ1v) is 14.6. The van der Waals surface area contributed by atoms with Gasteiger partial charge in [0.1, 0.15) is 27.8 Å². The van der Waals surface area contributed by atoms with Gasteiger partial charge < -0.3 is 9.50 Å². The molecule has 6 nitrogen and oxygen atoms in total. The lowest BCUT2D eigenvalue weighted by atomic mass is 9.95. The summed E-state index contributed by atoms with van der Waals surface area (Å²) >= 11 is 3.58. The van der Waals surface area contributed by atoms with Crippen molar-refractivity contribution in [3.05, 3.63) is 89.5 Å². The molecule has 0 atom stereocenters. The number of imidazole rings is 1. The molecule has 1 fully saturated rings. The standard InChI is InChI=1S/C29H26BrN3O3S/c30-23-13-17-27-32-28(29(33(27)19-23)31-24-8-2-1-3-9-24)21-10-14-25(15-11-21)36-37(34,35)26-16-12-20-6-4-5-7-22(20)18-26/h4-7,10-19,24,31H,1-3,8-9H2. The topological polar surface area (TPSA) is 72.7 Å². The number of rotatable bonds is 6. The molecule has 1 aliphatic rings. The summed E-state index contributed by atoms with van der Waals surface area (Å²) in [5.41, 5.74) is 2.55. The van der Waals surface area contributed by atoms with E-state index >= 15 is 0 Å². The third-order valence-electron chi connectivity index (χ3n) is 6.87. The van der Waals surface area contributed by atoms with Gasteiger partial charge in [0.05, 0.1) is 0 Å². The van der Waals surface area contributed by atoms with Gasteiger partial charge in [0, 0.05) is 22.3 Å². The van der Waals surface area contributed by atoms with E-state index in [1.165, 1.54) is 19.3 Å². The van der Waals surface area contributed by atoms with Crippen LogP contribution in [0, 0.1) is 0 Å². The lowest BCUT2D eigenvalue weighted by Crippen LogP contribution is -2.23. The number of benzene rings is 3. The molecular weight excluding hydrogens is 550 g/mol. The Morgan fingerprint density at radius 1 is 0.892 bits per heavy atom. The molecule has 2 aromatic heterocycles. The summed E-state index contributed by atoms with van der Waals surface area (Å²) in [6.45, 7) is 0. The first kappa shape index (κ1) is 24.0. The number of halogens is 1. The number of pyridine rings is 1. The summed E-state index contributed by atoms with van der Waals surface area (Å²) in [6, 6.07) is 24.1. The molecule has 1 saturated carbocycles. The molecule has 37 heavy (non-hydrogen) atoms. The van der Waals surface area contributed by atoms with Crippen molar-refractivity contribution in [2.75, 3.05) is 5.32 Å². The van der Waals surface area contributed by atoms with Gasteiger partial charge in [0.15, 0.2) is 0 Å². The zero-order valence-electron chi connectivity index (χ0n) is 20.1. The average molecular weight is 577 g/mol. The van der Waals surface area contributed by atoms with Crippen molar-refractivity contribution >= 4 is 48.3 Å². The van der Waals surface area contributed by atoms with Crippen molar-refractivity contribution in [3.63, 3.8) is 0 Å². The Morgan fingerprint density at radius 3 is 2.43 bits per heavy atom. The van der Waals surface area contributed by atoms with Crippen LogP contribution in [0.2, 0.25) is 0 Å². The fourth-order valence-corrected chi connectivity index (χ4v) is 6.27. The van der Waals surface area contributed by atoms with E-state index in [4.69, 9.17) is 9.17 Å². The Morgan fingerprint density at radius 2 is 1.65 bits per heavy atom. The van der Waals surface area contributed by atoms with Crippen LogP contribution in [0.25, 0.3) is 27.7 Å². The highest BCUT2D eigenvalue weighted by Crippen LogP contribution is 2.33. The van der Waals surface area contributed by atoms with E-state index in [-0.39, 0.29) is 10.6 Å². The monoisotopic (exact) mass is 575 g/mol. The van der Waals surface area contributed by atoms with Crippen LogP contribution in [-0.2, 0) is 10.1 Å². The molecule has 0 aliphatic heterocycles. The number of anilines is 1. The van der Waals surface area contributed by atoms with E-state index in [1.807, 2.05) is 54.7 Å². The Bertz CT molecular complexity index is 1690. The number of hydrogen-bond acceptors (Lipinski definition) is 5. The van der Waals surface area contributed by atoms with Crippen LogP contribution in [0.4, 0.5) is 5.82 Å². The maximum Gasteiger partial charge on any atom is 0.339 e. The zero-order valence-corrected chi connectivity index (χ0v) is 22.5. The van der Waals surface area contributed by atoms with Gasteiger partial charge in [-0.1, -0.05) is 49.6 Å². The summed E-state index contributed by atoms with van der Waals surface area (Å²) in [5.74, 6) is 1.20. The number of fused-ring (bicyclic) bond motifs is 2. The van der Waals surface area contributed by atoms with E-state index in [0.29, 0.717) is 6.04 Å². The van der Waals surface area contributed by atoms with Crippen LogP contribution >= 0.6 is 15.9 Å². The highest BCUT2D eigenvalue weighted by Gasteiger charge is 2.21. The van der Waals surface area contributed by atoms with Crippen LogP contribution in [0.3, 0.4) is 0 Å². The first-order chi connectivity index (χ1) is 18.0. The molecule has 188 valence electrons. The molecule has 2 heterocycles. The average Bonchev–Trinajstić information content (AvgIpc) is 3.26. The highest BCUT2D eigenvalue weighted by atomic mass is 79.9. The van der Waals surface area contributed by atoms with E-state index < -0.39 is 10.1 Å². The highest BCUT2D eigenvalue weighted by molar-refractivity contribution is 9.10. The fourth-order valence-electron chi connectivity index (χ4n) is 4.96. The van der Waals surface area contributed by atoms with Crippen LogP contribution < -0.4 is 9.50 Å². The lowest BCUT2D eigenvalue weighted by Gasteiger charge is -2.24. The summed E-state index contributed by atoms with van der Waals surface area (Å²) in [6.07, 6.45) is 8.04. The Balaban J connectivity index is 1.30. The Kier molecular flexibility index (Phi) is 6.38. The van der Waals surface area contributed by atoms with Crippen molar-refractivity contribution < 1.29 is 12.6 Å². The van der Waals surface area contributed by atoms with Crippen LogP contribution in [0.5, 0.6) is 5.75 Å². The normalized spacial score (nSPS) is 14.7. The second kappa shape index (κ2) is 9.84. The maximum atomic E-state index is 13.0. The SMILES string of the molecule is O=S(=O)(Oc1ccc(-c2nc3ccc(Br)cn3c2NC2CCCCC2)cc1)c1ccc2ccccc2c1. The number of nitrogens with one attached hydrogen (secondary N) is 1. The molecule has 1 N–H and O–H groups in total. The third-order valence-corrected chi connectivity index (χ3v) is 8.58. The zero-order chi connectivity index (χ0) is 25.4. The minimum Gasteiger partial charge on any atom is -0.379 e. The van der Waals surface area contributed by atoms with Crippen LogP contribution in [-0.4, -0.2) is 23.8 Å². The van der Waals surface area contributed by atoms with E-state index in [0.717, 1.165) is 50.8 Å². The largest absolute Gasteiger partial charge is 0.379 e. The molecular formula is C29H26BrN3O3S. The summed E-state index contributed by atoms with van der Waals surface area (Å²) in [5, 5.41) is 5.56. The summed E-state index contributed by atoms with van der Waals surface area (Å²) in [7, 11) is -3.97. The number of nitrogens with zero attached hydrogens (tertiary/aromatic N) is 2. The molecule has 6 rings (SSSR count). The molecule has 0 unspecified atom stereocenters. The lowest BCUT2D eigenvalue weighted by molar-refractivity contribution is 0.461. The van der Waals surface area contributed by atoms with Gasteiger partial charge in [-0.15, -0.1) is 0 Å². The van der Waals surface area contributed by atoms with E-state index in [2.05, 4.69) is 25.6 Å². The van der Waals surface area contributed by atoms with Gasteiger partial charge in [-0.3, -0.25) is 4.40 Å². The van der Waals surface area contributed by atoms with E-state index in [1.54, 1.807) is 30.3 Å². The van der Waals surface area contributed by atoms with E-state index in [9.17, 15) is 8.42 Å². The molecule has 3 aromatic carbocycles. The molecule has 5 aromatic rings. The molecule has 0 spiro atoms. The van der Waals surface area contributed by atoms with Gasteiger partial charge in [0.25, 0.3) is 0 Å². The predicted octanol–water partition coefficient (Wildman–Crippen LogP) is 7.43. The Labute approximate surface area is 224 Å². The smallest absolute Gasteiger partial charge is 0.339 e. The number of aromatic nitrogens is 2. The molecule has 1 aliphatic carbocycles. The van der Waals surface area contributed by atoms with Crippen LogP contribution in [0.15, 0.2) is 94.4 Å². The van der Waals surface area contributed by atoms with Crippen molar-refractivity contribution in [2.45, 2.75) is 43.0 Å². The molecule has 0 amide bonds. The van der Waals surface area contributed by atoms with Crippen LogP contribution in [0.1, 0.15) is 32.1 Å². The van der Waals surface area contributed by atoms with Crippen molar-refractivity contribution in [2.24, 2.45) is 0 Å². The van der Waals surface area contributed by atoms with Crippen molar-refractivity contribution in [1.29, 1.82) is 0 Å². The van der Waals surface area contributed by atoms with Gasteiger partial charge >= 0.3 is 10.1 Å². The Hall–Kier alpha value is -3.36. The molecule has 0 saturated heterocycles. The molecule has 8 heteroatoms. The maximum absolute atomic E-state index is 13.0. The van der Waals surface area contributed by atoms with Gasteiger partial charge in [0.2, 0.25) is 0 Å². The second-order valence-electron chi connectivity index (χ2n) is 9.43. The second-order valence-corrected chi connectivity index (χ2v) is 11.9. The quantitative estimate of drug-likeness (QED) is 0.213. The first-order valence-electron chi connectivity index (χ1n) is 12.4. The number of hydrogen-bond donors (Lipinski definition) is 1. The van der Waals surface area contributed by atoms with Gasteiger partial charge in [-0.25, -0.2) is 4.98 Å². The minimum atomic E-state index is -3.97. The predicted molar refractivity (Wildman–Crippen MR) is 151 cm³/mol. The summed E-state index contributed by atoms with van der Waals surface area (Å²) < 4.78 is 34.5. The molecule has 0 bridgehead atoms. The minimum absolute atomic E-state index is 0.125. The van der Waals surface area contributed by atoms with Gasteiger partial charge in [-0.05, 0) is 88.1 Å². The third kappa shape index (κ3) is 4.95.